The fraction of sp³-hybridized carbons (Fsp3) is 0.304. The van der Waals surface area contributed by atoms with Crippen LogP contribution in [0.3, 0.4) is 0 Å². The summed E-state index contributed by atoms with van der Waals surface area (Å²) in [6.45, 7) is 0.515. The molecular weight excluding hydrogens is 366 g/mol. The van der Waals surface area contributed by atoms with E-state index in [9.17, 15) is 9.59 Å². The average molecular weight is 393 g/mol. The number of pyridine rings is 1. The second-order valence-corrected chi connectivity index (χ2v) is 7.27. The number of H-pyrrole nitrogens is 1. The van der Waals surface area contributed by atoms with Crippen molar-refractivity contribution in [3.8, 4) is 5.75 Å². The van der Waals surface area contributed by atoms with Gasteiger partial charge in [0.1, 0.15) is 5.75 Å². The number of aromatic nitrogens is 1. The van der Waals surface area contributed by atoms with Crippen LogP contribution in [0, 0.1) is 0 Å². The Morgan fingerprint density at radius 3 is 2.59 bits per heavy atom. The Balaban J connectivity index is 1.63. The number of benzene rings is 2. The molecule has 6 heteroatoms. The lowest BCUT2D eigenvalue weighted by Gasteiger charge is -2.25. The number of nitrogens with zero attached hydrogens (tertiary/aromatic N) is 1. The van der Waals surface area contributed by atoms with E-state index in [-0.39, 0.29) is 23.9 Å². The summed E-state index contributed by atoms with van der Waals surface area (Å²) in [7, 11) is 5.59. The molecule has 1 aromatic heterocycles. The molecule has 0 saturated carbocycles. The Kier molecular flexibility index (Phi) is 6.67. The first kappa shape index (κ1) is 20.6. The predicted molar refractivity (Wildman–Crippen MR) is 115 cm³/mol. The zero-order valence-corrected chi connectivity index (χ0v) is 17.1. The summed E-state index contributed by atoms with van der Waals surface area (Å²) < 4.78 is 5.24. The van der Waals surface area contributed by atoms with Gasteiger partial charge >= 0.3 is 0 Å². The van der Waals surface area contributed by atoms with Gasteiger partial charge in [-0.3, -0.25) is 9.59 Å². The highest BCUT2D eigenvalue weighted by Gasteiger charge is 2.15. The Labute approximate surface area is 170 Å². The largest absolute Gasteiger partial charge is 0.497 e. The number of nitrogens with one attached hydrogen (secondary N) is 2. The third-order valence-corrected chi connectivity index (χ3v) is 5.05. The van der Waals surface area contributed by atoms with Gasteiger partial charge in [-0.1, -0.05) is 30.3 Å². The molecule has 2 N–H and O–H groups in total. The predicted octanol–water partition coefficient (Wildman–Crippen LogP) is 2.89. The first-order valence-corrected chi connectivity index (χ1v) is 9.66. The molecule has 1 heterocycles. The van der Waals surface area contributed by atoms with Crippen molar-refractivity contribution >= 4 is 16.8 Å². The lowest BCUT2D eigenvalue weighted by atomic mass is 10.1. The van der Waals surface area contributed by atoms with Gasteiger partial charge in [0.2, 0.25) is 5.91 Å². The molecule has 0 bridgehead atoms. The van der Waals surface area contributed by atoms with E-state index in [1.54, 1.807) is 13.2 Å². The van der Waals surface area contributed by atoms with Crippen molar-refractivity contribution in [3.63, 3.8) is 0 Å². The zero-order chi connectivity index (χ0) is 20.8. The van der Waals surface area contributed by atoms with Crippen LogP contribution in [0.25, 0.3) is 10.9 Å². The van der Waals surface area contributed by atoms with E-state index in [4.69, 9.17) is 4.74 Å². The molecule has 3 rings (SSSR count). The molecule has 1 unspecified atom stereocenters. The maximum Gasteiger partial charge on any atom is 0.251 e. The Morgan fingerprint density at radius 2 is 1.90 bits per heavy atom. The van der Waals surface area contributed by atoms with Crippen LogP contribution in [0.4, 0.5) is 0 Å². The summed E-state index contributed by atoms with van der Waals surface area (Å²) in [6.07, 6.45) is 0.639. The molecule has 29 heavy (non-hydrogen) atoms. The van der Waals surface area contributed by atoms with Crippen LogP contribution in [-0.2, 0) is 11.2 Å². The van der Waals surface area contributed by atoms with Crippen LogP contribution >= 0.6 is 0 Å². The van der Waals surface area contributed by atoms with E-state index in [0.717, 1.165) is 22.2 Å². The van der Waals surface area contributed by atoms with Crippen LogP contribution in [0.5, 0.6) is 5.75 Å². The number of likely N-dealkylation sites (N-methyl/N-ethyl adjacent to an activating group) is 1. The number of carbonyl (C=O) groups is 1. The van der Waals surface area contributed by atoms with Crippen LogP contribution in [-0.4, -0.2) is 43.5 Å². The molecule has 2 aromatic carbocycles. The Hall–Kier alpha value is -3.12. The number of carbonyl (C=O) groups excluding carboxylic acids is 1. The maximum absolute atomic E-state index is 12.4. The van der Waals surface area contributed by atoms with Crippen molar-refractivity contribution in [1.29, 1.82) is 0 Å². The number of ether oxygens (including phenoxy) is 1. The standard InChI is InChI=1S/C23H27N3O3/c1-26(2)21(16-7-5-4-6-8-16)15-24-22(27)12-9-17-13-18-14-19(29-3)10-11-20(18)25-23(17)28/h4-8,10-11,13-14,21H,9,12,15H2,1-3H3,(H,24,27)(H,25,28). The second-order valence-electron chi connectivity index (χ2n) is 7.27. The molecule has 3 aromatic rings. The number of hydrogen-bond acceptors (Lipinski definition) is 4. The number of rotatable bonds is 8. The van der Waals surface area contributed by atoms with Crippen LogP contribution in [0.2, 0.25) is 0 Å². The lowest BCUT2D eigenvalue weighted by Crippen LogP contribution is -2.34. The highest BCUT2D eigenvalue weighted by atomic mass is 16.5. The molecule has 6 nitrogen and oxygen atoms in total. The van der Waals surface area contributed by atoms with Gasteiger partial charge in [-0.25, -0.2) is 0 Å². The molecule has 0 aliphatic carbocycles. The minimum absolute atomic E-state index is 0.0714. The van der Waals surface area contributed by atoms with Crippen LogP contribution in [0.1, 0.15) is 23.6 Å². The molecule has 0 spiro atoms. The van der Waals surface area contributed by atoms with E-state index in [0.29, 0.717) is 18.5 Å². The molecule has 0 radical (unpaired) electrons. The summed E-state index contributed by atoms with van der Waals surface area (Å²) in [5.74, 6) is 0.654. The summed E-state index contributed by atoms with van der Waals surface area (Å²) >= 11 is 0. The van der Waals surface area contributed by atoms with Gasteiger partial charge in [-0.05, 0) is 50.3 Å². The average Bonchev–Trinajstić information content (AvgIpc) is 2.72. The Bertz CT molecular complexity index is 1030. The van der Waals surface area contributed by atoms with Gasteiger partial charge in [0.15, 0.2) is 0 Å². The van der Waals surface area contributed by atoms with Gasteiger partial charge in [-0.15, -0.1) is 0 Å². The molecule has 152 valence electrons. The summed E-state index contributed by atoms with van der Waals surface area (Å²) in [6, 6.07) is 17.5. The van der Waals surface area contributed by atoms with Crippen molar-refractivity contribution in [1.82, 2.24) is 15.2 Å². The molecule has 0 aliphatic heterocycles. The van der Waals surface area contributed by atoms with E-state index >= 15 is 0 Å². The number of aromatic amines is 1. The van der Waals surface area contributed by atoms with Gasteiger partial charge < -0.3 is 19.9 Å². The van der Waals surface area contributed by atoms with Gasteiger partial charge in [0.05, 0.1) is 13.2 Å². The quantitative estimate of drug-likeness (QED) is 0.617. The van der Waals surface area contributed by atoms with Crippen molar-refractivity contribution in [2.75, 3.05) is 27.7 Å². The zero-order valence-electron chi connectivity index (χ0n) is 17.1. The number of amides is 1. The minimum Gasteiger partial charge on any atom is -0.497 e. The molecule has 1 atom stereocenters. The van der Waals surface area contributed by atoms with E-state index in [1.807, 2.05) is 50.5 Å². The fourth-order valence-corrected chi connectivity index (χ4v) is 3.36. The number of methoxy groups -OCH3 is 1. The van der Waals surface area contributed by atoms with Gasteiger partial charge in [0.25, 0.3) is 5.56 Å². The lowest BCUT2D eigenvalue weighted by molar-refractivity contribution is -0.121. The summed E-state index contributed by atoms with van der Waals surface area (Å²) in [5.41, 5.74) is 2.33. The normalized spacial score (nSPS) is 12.1. The van der Waals surface area contributed by atoms with Gasteiger partial charge in [-0.2, -0.15) is 0 Å². The first-order chi connectivity index (χ1) is 14.0. The maximum atomic E-state index is 12.4. The molecule has 0 aliphatic rings. The molecule has 1 amide bonds. The van der Waals surface area contributed by atoms with Crippen LogP contribution < -0.4 is 15.6 Å². The van der Waals surface area contributed by atoms with Gasteiger partial charge in [0, 0.05) is 29.4 Å². The number of aryl methyl sites for hydroxylation is 1. The third-order valence-electron chi connectivity index (χ3n) is 5.05. The van der Waals surface area contributed by atoms with Crippen molar-refractivity contribution in [3.05, 3.63) is 76.1 Å². The first-order valence-electron chi connectivity index (χ1n) is 9.66. The fourth-order valence-electron chi connectivity index (χ4n) is 3.36. The smallest absolute Gasteiger partial charge is 0.251 e. The monoisotopic (exact) mass is 393 g/mol. The van der Waals surface area contributed by atoms with Crippen molar-refractivity contribution < 1.29 is 9.53 Å². The third kappa shape index (κ3) is 5.23. The summed E-state index contributed by atoms with van der Waals surface area (Å²) in [4.78, 5) is 29.7. The highest BCUT2D eigenvalue weighted by Crippen LogP contribution is 2.19. The van der Waals surface area contributed by atoms with Crippen molar-refractivity contribution in [2.24, 2.45) is 0 Å². The van der Waals surface area contributed by atoms with Crippen molar-refractivity contribution in [2.45, 2.75) is 18.9 Å². The second kappa shape index (κ2) is 9.39. The molecular formula is C23H27N3O3. The molecule has 0 fully saturated rings. The van der Waals surface area contributed by atoms with Crippen LogP contribution in [0.15, 0.2) is 59.4 Å². The summed E-state index contributed by atoms with van der Waals surface area (Å²) in [5, 5.41) is 3.88. The number of hydrogen-bond donors (Lipinski definition) is 2. The highest BCUT2D eigenvalue weighted by molar-refractivity contribution is 5.81. The minimum atomic E-state index is -0.161. The van der Waals surface area contributed by atoms with E-state index in [2.05, 4.69) is 27.3 Å². The van der Waals surface area contributed by atoms with E-state index in [1.165, 1.54) is 0 Å². The molecule has 0 saturated heterocycles. The van der Waals surface area contributed by atoms with E-state index < -0.39 is 0 Å². The Morgan fingerprint density at radius 1 is 1.14 bits per heavy atom. The SMILES string of the molecule is COc1ccc2[nH]c(=O)c(CCC(=O)NCC(c3ccccc3)N(C)C)cc2c1. The topological polar surface area (TPSA) is 74.4 Å². The number of fused-ring (bicyclic) bond motifs is 1.